The summed E-state index contributed by atoms with van der Waals surface area (Å²) in [5.74, 6) is 0. The molecule has 0 N–H and O–H groups in total. The smallest absolute Gasteiger partial charge is 0.0541 e. The minimum atomic E-state index is 1.09. The van der Waals surface area contributed by atoms with E-state index in [0.29, 0.717) is 0 Å². The van der Waals surface area contributed by atoms with E-state index in [-0.39, 0.29) is 0 Å². The van der Waals surface area contributed by atoms with E-state index in [2.05, 4.69) is 264 Å². The average molecular weight is 815 g/mol. The van der Waals surface area contributed by atoms with Crippen LogP contribution >= 0.6 is 0 Å². The van der Waals surface area contributed by atoms with Crippen LogP contribution in [0.2, 0.25) is 0 Å². The van der Waals surface area contributed by atoms with Gasteiger partial charge in [0, 0.05) is 33.2 Å². The van der Waals surface area contributed by atoms with Crippen LogP contribution in [0.1, 0.15) is 0 Å². The van der Waals surface area contributed by atoms with Crippen LogP contribution in [-0.4, -0.2) is 4.57 Å². The molecule has 0 fully saturated rings. The molecule has 0 aliphatic carbocycles. The van der Waals surface area contributed by atoms with Gasteiger partial charge in [-0.1, -0.05) is 200 Å². The first-order valence-corrected chi connectivity index (χ1v) is 22.0. The normalized spacial score (nSPS) is 11.4. The van der Waals surface area contributed by atoms with Crippen LogP contribution in [0.15, 0.2) is 255 Å². The highest BCUT2D eigenvalue weighted by Crippen LogP contribution is 2.44. The quantitative estimate of drug-likeness (QED) is 0.148. The number of aromatic nitrogens is 1. The van der Waals surface area contributed by atoms with Crippen molar-refractivity contribution in [3.05, 3.63) is 255 Å². The van der Waals surface area contributed by atoms with E-state index in [9.17, 15) is 0 Å². The minimum absolute atomic E-state index is 1.09. The maximum absolute atomic E-state index is 2.42. The third-order valence-electron chi connectivity index (χ3n) is 12.8. The number of hydrogen-bond donors (Lipinski definition) is 0. The van der Waals surface area contributed by atoms with Crippen LogP contribution in [0.25, 0.3) is 93.5 Å². The van der Waals surface area contributed by atoms with Crippen molar-refractivity contribution >= 4 is 60.4 Å². The number of nitrogens with zero attached hydrogens (tertiary/aromatic N) is 2. The standard InChI is InChI=1S/C62H42N2/c1-2-15-47(16-3-1)59-42-52(39-40-55(59)49-21-12-22-51(41-49)64-61-28-10-8-25-57(61)58-26-9-11-29-62(58)64)63(60-30-14-20-46-18-5-7-24-56(46)60)50-37-35-44(36-38-50)43-31-33-48(34-32-43)54-27-13-19-45-17-4-6-23-53(45)54/h1-42H. The zero-order valence-corrected chi connectivity index (χ0v) is 35.1. The number of fused-ring (bicyclic) bond motifs is 5. The first kappa shape index (κ1) is 37.3. The first-order chi connectivity index (χ1) is 31.7. The van der Waals surface area contributed by atoms with Crippen LogP contribution in [0, 0.1) is 0 Å². The van der Waals surface area contributed by atoms with Gasteiger partial charge in [0.2, 0.25) is 0 Å². The molecule has 0 aliphatic heterocycles. The lowest BCUT2D eigenvalue weighted by Crippen LogP contribution is -2.11. The highest BCUT2D eigenvalue weighted by Gasteiger charge is 2.20. The van der Waals surface area contributed by atoms with Crippen LogP contribution in [-0.2, 0) is 0 Å². The van der Waals surface area contributed by atoms with Gasteiger partial charge in [-0.05, 0) is 115 Å². The van der Waals surface area contributed by atoms with Gasteiger partial charge in [0.1, 0.15) is 0 Å². The number of benzene rings is 11. The highest BCUT2D eigenvalue weighted by molar-refractivity contribution is 6.09. The molecule has 0 amide bonds. The van der Waals surface area contributed by atoms with Gasteiger partial charge in [-0.25, -0.2) is 0 Å². The second kappa shape index (κ2) is 15.8. The molecule has 64 heavy (non-hydrogen) atoms. The van der Waals surface area contributed by atoms with Gasteiger partial charge in [-0.2, -0.15) is 0 Å². The lowest BCUT2D eigenvalue weighted by molar-refractivity contribution is 1.18. The van der Waals surface area contributed by atoms with Gasteiger partial charge in [0.25, 0.3) is 0 Å². The molecule has 11 aromatic carbocycles. The third kappa shape index (κ3) is 6.52. The second-order valence-corrected chi connectivity index (χ2v) is 16.5. The topological polar surface area (TPSA) is 8.17 Å². The van der Waals surface area contributed by atoms with Crippen molar-refractivity contribution in [2.75, 3.05) is 4.90 Å². The maximum atomic E-state index is 2.42. The monoisotopic (exact) mass is 814 g/mol. The van der Waals surface area contributed by atoms with Crippen molar-refractivity contribution in [3.8, 4) is 50.2 Å². The van der Waals surface area contributed by atoms with Crippen LogP contribution in [0.5, 0.6) is 0 Å². The number of rotatable bonds is 8. The van der Waals surface area contributed by atoms with Gasteiger partial charge >= 0.3 is 0 Å². The fourth-order valence-electron chi connectivity index (χ4n) is 9.75. The predicted molar refractivity (Wildman–Crippen MR) is 272 cm³/mol. The van der Waals surface area contributed by atoms with Gasteiger partial charge in [-0.3, -0.25) is 0 Å². The average Bonchev–Trinajstić information content (AvgIpc) is 3.71. The first-order valence-electron chi connectivity index (χ1n) is 22.0. The summed E-state index contributed by atoms with van der Waals surface area (Å²) >= 11 is 0. The molecule has 0 saturated carbocycles. The van der Waals surface area contributed by atoms with E-state index < -0.39 is 0 Å². The van der Waals surface area contributed by atoms with E-state index in [4.69, 9.17) is 0 Å². The Balaban J connectivity index is 0.972. The molecule has 1 heterocycles. The number of para-hydroxylation sites is 2. The summed E-state index contributed by atoms with van der Waals surface area (Å²) < 4.78 is 2.40. The summed E-state index contributed by atoms with van der Waals surface area (Å²) in [7, 11) is 0. The van der Waals surface area contributed by atoms with Crippen LogP contribution in [0.4, 0.5) is 17.1 Å². The van der Waals surface area contributed by atoms with Crippen molar-refractivity contribution in [2.24, 2.45) is 0 Å². The van der Waals surface area contributed by atoms with E-state index in [1.807, 2.05) is 0 Å². The molecule has 0 saturated heterocycles. The van der Waals surface area contributed by atoms with Crippen molar-refractivity contribution in [2.45, 2.75) is 0 Å². The minimum Gasteiger partial charge on any atom is -0.310 e. The van der Waals surface area contributed by atoms with Crippen LogP contribution < -0.4 is 4.90 Å². The zero-order chi connectivity index (χ0) is 42.4. The molecule has 2 heteroatoms. The Bertz CT molecular complexity index is 3590. The molecular formula is C62H42N2. The molecule has 0 aliphatic rings. The summed E-state index contributed by atoms with van der Waals surface area (Å²) in [4.78, 5) is 2.42. The Morgan fingerprint density at radius 3 is 1.48 bits per heavy atom. The van der Waals surface area contributed by atoms with Crippen LogP contribution in [0.3, 0.4) is 0 Å². The van der Waals surface area contributed by atoms with E-state index in [0.717, 1.165) is 28.3 Å². The van der Waals surface area contributed by atoms with Gasteiger partial charge in [0.05, 0.1) is 16.7 Å². The Labute approximate surface area is 373 Å². The molecule has 1 aromatic heterocycles. The Morgan fingerprint density at radius 1 is 0.266 bits per heavy atom. The Kier molecular flexibility index (Phi) is 9.20. The second-order valence-electron chi connectivity index (χ2n) is 16.5. The fourth-order valence-corrected chi connectivity index (χ4v) is 9.75. The fraction of sp³-hybridized carbons (Fsp3) is 0. The molecule has 0 unspecified atom stereocenters. The molecule has 12 rings (SSSR count). The number of hydrogen-bond acceptors (Lipinski definition) is 1. The number of anilines is 3. The lowest BCUT2D eigenvalue weighted by atomic mass is 9.93. The van der Waals surface area contributed by atoms with E-state index in [1.54, 1.807) is 0 Å². The van der Waals surface area contributed by atoms with Gasteiger partial charge in [-0.15, -0.1) is 0 Å². The van der Waals surface area contributed by atoms with Gasteiger partial charge < -0.3 is 9.47 Å². The lowest BCUT2D eigenvalue weighted by Gasteiger charge is -2.28. The largest absolute Gasteiger partial charge is 0.310 e. The molecule has 0 atom stereocenters. The molecule has 300 valence electrons. The maximum Gasteiger partial charge on any atom is 0.0541 e. The van der Waals surface area contributed by atoms with Crippen molar-refractivity contribution in [3.63, 3.8) is 0 Å². The molecule has 2 nitrogen and oxygen atoms in total. The highest BCUT2D eigenvalue weighted by atomic mass is 15.1. The van der Waals surface area contributed by atoms with E-state index in [1.165, 1.54) is 82.3 Å². The third-order valence-corrected chi connectivity index (χ3v) is 12.8. The summed E-state index contributed by atoms with van der Waals surface area (Å²) in [6, 6.07) is 92.7. The SMILES string of the molecule is c1ccc(-c2cc(N(c3ccc(-c4ccc(-c5cccc6ccccc56)cc4)cc3)c3cccc4ccccc34)ccc2-c2cccc(-n3c4ccccc4c4ccccc43)c2)cc1. The molecule has 12 aromatic rings. The molecular weight excluding hydrogens is 773 g/mol. The van der Waals surface area contributed by atoms with Gasteiger partial charge in [0.15, 0.2) is 0 Å². The molecule has 0 bridgehead atoms. The summed E-state index contributed by atoms with van der Waals surface area (Å²) in [5.41, 5.74) is 16.4. The Hall–Kier alpha value is -8.46. The zero-order valence-electron chi connectivity index (χ0n) is 35.1. The molecule has 0 spiro atoms. The summed E-state index contributed by atoms with van der Waals surface area (Å²) in [6.07, 6.45) is 0. The Morgan fingerprint density at radius 2 is 0.766 bits per heavy atom. The van der Waals surface area contributed by atoms with Crippen molar-refractivity contribution < 1.29 is 0 Å². The van der Waals surface area contributed by atoms with Crippen molar-refractivity contribution in [1.29, 1.82) is 0 Å². The predicted octanol–water partition coefficient (Wildman–Crippen LogP) is 17.2. The van der Waals surface area contributed by atoms with E-state index >= 15 is 0 Å². The van der Waals surface area contributed by atoms with Crippen molar-refractivity contribution in [1.82, 2.24) is 4.57 Å². The molecule has 0 radical (unpaired) electrons. The summed E-state index contributed by atoms with van der Waals surface area (Å²) in [5, 5.41) is 7.44. The summed E-state index contributed by atoms with van der Waals surface area (Å²) in [6.45, 7) is 0.